The molecule has 0 aliphatic carbocycles. The van der Waals surface area contributed by atoms with Crippen molar-refractivity contribution in [2.24, 2.45) is 5.92 Å². The summed E-state index contributed by atoms with van der Waals surface area (Å²) in [5.41, 5.74) is 0.471. The molecule has 1 fully saturated rings. The Morgan fingerprint density at radius 1 is 1.26 bits per heavy atom. The van der Waals surface area contributed by atoms with Gasteiger partial charge in [0.2, 0.25) is 0 Å². The molecule has 0 atom stereocenters. The summed E-state index contributed by atoms with van der Waals surface area (Å²) in [5.74, 6) is -2.96. The van der Waals surface area contributed by atoms with Gasteiger partial charge >= 0.3 is 5.97 Å². The van der Waals surface area contributed by atoms with Gasteiger partial charge in [-0.2, -0.15) is 8.78 Å². The smallest absolute Gasteiger partial charge is 0.309 e. The van der Waals surface area contributed by atoms with E-state index < -0.39 is 5.76 Å². The van der Waals surface area contributed by atoms with Gasteiger partial charge in [0.05, 0.1) is 12.5 Å². The molecule has 0 N–H and O–H groups in total. The molecule has 0 radical (unpaired) electrons. The number of halogens is 2. The molecule has 0 spiro atoms. The fourth-order valence-electron chi connectivity index (χ4n) is 2.54. The van der Waals surface area contributed by atoms with Crippen LogP contribution in [0.25, 0.3) is 0 Å². The lowest BCUT2D eigenvalue weighted by molar-refractivity contribution is -0.149. The van der Waals surface area contributed by atoms with Crippen molar-refractivity contribution in [1.29, 1.82) is 0 Å². The number of hydrogen-bond donors (Lipinski definition) is 0. The van der Waals surface area contributed by atoms with Gasteiger partial charge in [0.1, 0.15) is 0 Å². The molecule has 1 saturated heterocycles. The Balaban J connectivity index is 1.90. The van der Waals surface area contributed by atoms with E-state index in [1.165, 1.54) is 12.1 Å². The van der Waals surface area contributed by atoms with Crippen LogP contribution in [0.1, 0.15) is 30.1 Å². The Hall–Kier alpha value is -1.63. The lowest BCUT2D eigenvalue weighted by Gasteiger charge is -2.31. The number of thioether (sulfide) groups is 1. The molecule has 1 aliphatic heterocycles. The Kier molecular flexibility index (Phi) is 6.38. The number of benzene rings is 1. The second-order valence-electron chi connectivity index (χ2n) is 5.22. The van der Waals surface area contributed by atoms with Crippen LogP contribution in [0.4, 0.5) is 8.78 Å². The first-order valence-corrected chi connectivity index (χ1v) is 8.40. The molecular weight excluding hydrogens is 324 g/mol. The summed E-state index contributed by atoms with van der Waals surface area (Å²) >= 11 is 0.453. The lowest BCUT2D eigenvalue weighted by atomic mass is 9.96. The predicted molar refractivity (Wildman–Crippen MR) is 83.6 cm³/mol. The molecule has 0 bridgehead atoms. The van der Waals surface area contributed by atoms with E-state index in [1.54, 1.807) is 24.0 Å². The maximum absolute atomic E-state index is 12.4. The third-order valence-corrected chi connectivity index (χ3v) is 4.45. The third-order valence-electron chi connectivity index (χ3n) is 3.73. The van der Waals surface area contributed by atoms with Crippen molar-refractivity contribution in [1.82, 2.24) is 4.90 Å². The summed E-state index contributed by atoms with van der Waals surface area (Å²) in [4.78, 5) is 26.2. The van der Waals surface area contributed by atoms with Gasteiger partial charge in [-0.3, -0.25) is 9.59 Å². The fraction of sp³-hybridized carbons (Fsp3) is 0.500. The molecule has 1 aromatic rings. The molecule has 0 unspecified atom stereocenters. The standard InChI is InChI=1S/C16H19F2NO3S/c1-2-22-15(21)12-7-9-19(10-8-12)14(20)11-3-5-13(6-4-11)23-16(17)18/h3-6,12,16H,2,7-10H2,1H3. The van der Waals surface area contributed by atoms with E-state index in [2.05, 4.69) is 0 Å². The van der Waals surface area contributed by atoms with Crippen LogP contribution in [0.2, 0.25) is 0 Å². The van der Waals surface area contributed by atoms with Gasteiger partial charge < -0.3 is 9.64 Å². The number of likely N-dealkylation sites (tertiary alicyclic amines) is 1. The van der Waals surface area contributed by atoms with Crippen molar-refractivity contribution in [3.63, 3.8) is 0 Å². The van der Waals surface area contributed by atoms with Crippen LogP contribution < -0.4 is 0 Å². The van der Waals surface area contributed by atoms with Gasteiger partial charge in [0.15, 0.2) is 0 Å². The molecule has 126 valence electrons. The SMILES string of the molecule is CCOC(=O)C1CCN(C(=O)c2ccc(SC(F)F)cc2)CC1. The van der Waals surface area contributed by atoms with Crippen molar-refractivity contribution in [2.45, 2.75) is 30.4 Å². The van der Waals surface area contributed by atoms with Crippen LogP contribution >= 0.6 is 11.8 Å². The number of carbonyl (C=O) groups excluding carboxylic acids is 2. The minimum atomic E-state index is -2.47. The second-order valence-corrected chi connectivity index (χ2v) is 6.28. The first-order valence-electron chi connectivity index (χ1n) is 7.52. The van der Waals surface area contributed by atoms with Gasteiger partial charge in [-0.15, -0.1) is 0 Å². The molecule has 2 rings (SSSR count). The molecule has 1 heterocycles. The van der Waals surface area contributed by atoms with Gasteiger partial charge in [-0.25, -0.2) is 0 Å². The molecule has 0 saturated carbocycles. The molecule has 1 amide bonds. The quantitative estimate of drug-likeness (QED) is 0.607. The van der Waals surface area contributed by atoms with E-state index in [1.807, 2.05) is 0 Å². The van der Waals surface area contributed by atoms with Crippen molar-refractivity contribution < 1.29 is 23.1 Å². The van der Waals surface area contributed by atoms with Crippen molar-refractivity contribution >= 4 is 23.6 Å². The van der Waals surface area contributed by atoms with E-state index in [0.717, 1.165) is 0 Å². The Bertz CT molecular complexity index is 543. The fourth-order valence-corrected chi connectivity index (χ4v) is 3.04. The second kappa shape index (κ2) is 8.29. The highest BCUT2D eigenvalue weighted by atomic mass is 32.2. The van der Waals surface area contributed by atoms with Crippen molar-refractivity contribution in [3.8, 4) is 0 Å². The first-order chi connectivity index (χ1) is 11.0. The van der Waals surface area contributed by atoms with Crippen molar-refractivity contribution in [2.75, 3.05) is 19.7 Å². The minimum Gasteiger partial charge on any atom is -0.466 e. The maximum atomic E-state index is 12.4. The number of nitrogens with zero attached hydrogens (tertiary/aromatic N) is 1. The van der Waals surface area contributed by atoms with E-state index >= 15 is 0 Å². The number of alkyl halides is 2. The van der Waals surface area contributed by atoms with Gasteiger partial charge in [0, 0.05) is 23.5 Å². The molecule has 1 aromatic carbocycles. The van der Waals surface area contributed by atoms with Gasteiger partial charge in [-0.1, -0.05) is 11.8 Å². The molecular formula is C16H19F2NO3S. The van der Waals surface area contributed by atoms with E-state index in [-0.39, 0.29) is 17.8 Å². The van der Waals surface area contributed by atoms with E-state index in [4.69, 9.17) is 4.74 Å². The zero-order valence-corrected chi connectivity index (χ0v) is 13.7. The number of rotatable bonds is 5. The summed E-state index contributed by atoms with van der Waals surface area (Å²) in [6, 6.07) is 6.17. The number of amides is 1. The summed E-state index contributed by atoms with van der Waals surface area (Å²) < 4.78 is 29.6. The third kappa shape index (κ3) is 4.92. The first kappa shape index (κ1) is 17.7. The highest BCUT2D eigenvalue weighted by molar-refractivity contribution is 7.99. The summed E-state index contributed by atoms with van der Waals surface area (Å²) in [5, 5.41) is 0. The highest BCUT2D eigenvalue weighted by Crippen LogP contribution is 2.26. The summed E-state index contributed by atoms with van der Waals surface area (Å²) in [6.07, 6.45) is 1.17. The number of ether oxygens (including phenoxy) is 1. The van der Waals surface area contributed by atoms with Crippen molar-refractivity contribution in [3.05, 3.63) is 29.8 Å². The average Bonchev–Trinajstić information content (AvgIpc) is 2.55. The normalized spacial score (nSPS) is 15.7. The average molecular weight is 343 g/mol. The Morgan fingerprint density at radius 2 is 1.87 bits per heavy atom. The van der Waals surface area contributed by atoms with Gasteiger partial charge in [0.25, 0.3) is 11.7 Å². The van der Waals surface area contributed by atoms with Crippen LogP contribution in [-0.2, 0) is 9.53 Å². The Labute approximate surface area is 138 Å². The molecule has 4 nitrogen and oxygen atoms in total. The lowest BCUT2D eigenvalue weighted by Crippen LogP contribution is -2.40. The maximum Gasteiger partial charge on any atom is 0.309 e. The van der Waals surface area contributed by atoms with Crippen LogP contribution in [0, 0.1) is 5.92 Å². The zero-order chi connectivity index (χ0) is 16.8. The predicted octanol–water partition coefficient (Wildman–Crippen LogP) is 3.42. The summed E-state index contributed by atoms with van der Waals surface area (Å²) in [6.45, 7) is 3.12. The molecule has 1 aliphatic rings. The molecule has 23 heavy (non-hydrogen) atoms. The number of hydrogen-bond acceptors (Lipinski definition) is 4. The van der Waals surface area contributed by atoms with Crippen LogP contribution in [0.5, 0.6) is 0 Å². The monoisotopic (exact) mass is 343 g/mol. The number of esters is 1. The largest absolute Gasteiger partial charge is 0.466 e. The topological polar surface area (TPSA) is 46.6 Å². The number of carbonyl (C=O) groups is 2. The summed E-state index contributed by atoms with van der Waals surface area (Å²) in [7, 11) is 0. The zero-order valence-electron chi connectivity index (χ0n) is 12.8. The molecule has 7 heteroatoms. The Morgan fingerprint density at radius 3 is 2.39 bits per heavy atom. The molecule has 0 aromatic heterocycles. The van der Waals surface area contributed by atoms with Crippen LogP contribution in [0.3, 0.4) is 0 Å². The number of piperidine rings is 1. The minimum absolute atomic E-state index is 0.138. The highest BCUT2D eigenvalue weighted by Gasteiger charge is 2.28. The van der Waals surface area contributed by atoms with Crippen LogP contribution in [-0.4, -0.2) is 42.2 Å². The van der Waals surface area contributed by atoms with E-state index in [9.17, 15) is 18.4 Å². The van der Waals surface area contributed by atoms with Gasteiger partial charge in [-0.05, 0) is 44.0 Å². The van der Waals surface area contributed by atoms with Crippen LogP contribution in [0.15, 0.2) is 29.2 Å². The van der Waals surface area contributed by atoms with E-state index in [0.29, 0.717) is 54.8 Å².